The summed E-state index contributed by atoms with van der Waals surface area (Å²) in [7, 11) is 0. The number of nitro groups is 1. The minimum Gasteiger partial charge on any atom is -0.466 e. The van der Waals surface area contributed by atoms with Gasteiger partial charge in [0.1, 0.15) is 23.7 Å². The number of esters is 2. The van der Waals surface area contributed by atoms with Crippen LogP contribution in [0.5, 0.6) is 0 Å². The summed E-state index contributed by atoms with van der Waals surface area (Å²) in [6, 6.07) is 1.19. The Labute approximate surface area is 277 Å². The predicted octanol–water partition coefficient (Wildman–Crippen LogP) is 0.854. The topological polar surface area (TPSA) is 250 Å². The Hall–Kier alpha value is -5.29. The van der Waals surface area contributed by atoms with Crippen LogP contribution in [0.3, 0.4) is 0 Å². The normalized spacial score (nSPS) is 12.6. The van der Waals surface area contributed by atoms with Gasteiger partial charge in [-0.15, -0.1) is 0 Å². The molecule has 48 heavy (non-hydrogen) atoms. The number of carbonyl (C=O) groups is 7. The van der Waals surface area contributed by atoms with Crippen LogP contribution in [0.2, 0.25) is 0 Å². The van der Waals surface area contributed by atoms with Crippen LogP contribution in [0.1, 0.15) is 72.8 Å². The first-order valence-corrected chi connectivity index (χ1v) is 15.2. The highest BCUT2D eigenvalue weighted by Crippen LogP contribution is 2.14. The van der Waals surface area contributed by atoms with Crippen molar-refractivity contribution in [3.8, 4) is 0 Å². The monoisotopic (exact) mass is 680 g/mol. The lowest BCUT2D eigenvalue weighted by Crippen LogP contribution is -2.58. The van der Waals surface area contributed by atoms with Crippen molar-refractivity contribution in [2.75, 3.05) is 13.2 Å². The van der Waals surface area contributed by atoms with Crippen LogP contribution in [0.4, 0.5) is 10.5 Å². The van der Waals surface area contributed by atoms with Crippen molar-refractivity contribution < 1.29 is 52.7 Å². The maximum absolute atomic E-state index is 13.5. The van der Waals surface area contributed by atoms with E-state index in [2.05, 4.69) is 26.8 Å². The van der Waals surface area contributed by atoms with Crippen molar-refractivity contribution in [3.63, 3.8) is 0 Å². The third kappa shape index (κ3) is 16.3. The molecule has 0 bridgehead atoms. The molecular formula is C30H44N6O12. The summed E-state index contributed by atoms with van der Waals surface area (Å²) in [4.78, 5) is 98.1. The summed E-state index contributed by atoms with van der Waals surface area (Å²) in [6.07, 6.45) is -1.88. The molecule has 0 aliphatic heterocycles. The SMILES string of the molecule is CCOC(=O)CCC(NC(=O)C(CCOC(=O)CC)NC(=O)C(Cc1ccc([N+](=O)[O-])cc1)NC(C)=O)C(=O)NNC(=O)OC(C)(C)C. The van der Waals surface area contributed by atoms with Gasteiger partial charge in [-0.05, 0) is 39.7 Å². The Morgan fingerprint density at radius 2 is 1.38 bits per heavy atom. The third-order valence-corrected chi connectivity index (χ3v) is 6.13. The summed E-state index contributed by atoms with van der Waals surface area (Å²) in [5.41, 5.74) is 3.56. The standard InChI is InChI=1S/C30H44N6O12/c1-7-24(38)47-16-15-22(33-27(41)23(31-18(3)37)17-19-9-11-20(12-10-19)36(44)45)26(40)32-21(13-14-25(39)46-8-2)28(42)34-35-29(43)48-30(4,5)6/h9-12,21-23H,7-8,13-17H2,1-6H3,(H,31,37)(H,32,40)(H,33,41)(H,34,42)(H,35,43). The van der Waals surface area contributed by atoms with Crippen molar-refractivity contribution in [2.45, 2.75) is 97.4 Å². The molecule has 5 amide bonds. The first-order chi connectivity index (χ1) is 22.4. The summed E-state index contributed by atoms with van der Waals surface area (Å²) in [5, 5.41) is 18.4. The number of non-ortho nitro benzene ring substituents is 1. The molecule has 1 aromatic rings. The number of hydrogen-bond acceptors (Lipinski definition) is 12. The quantitative estimate of drug-likeness (QED) is 0.0665. The van der Waals surface area contributed by atoms with Crippen LogP contribution in [0.15, 0.2) is 24.3 Å². The third-order valence-electron chi connectivity index (χ3n) is 6.13. The zero-order chi connectivity index (χ0) is 36.4. The van der Waals surface area contributed by atoms with Crippen molar-refractivity contribution in [1.82, 2.24) is 26.8 Å². The number of nitro benzene ring substituents is 1. The number of amides is 5. The van der Waals surface area contributed by atoms with Gasteiger partial charge in [0.2, 0.25) is 17.7 Å². The van der Waals surface area contributed by atoms with E-state index in [9.17, 15) is 43.7 Å². The predicted molar refractivity (Wildman–Crippen MR) is 168 cm³/mol. The molecule has 3 unspecified atom stereocenters. The Morgan fingerprint density at radius 3 is 1.90 bits per heavy atom. The molecule has 0 radical (unpaired) electrons. The Morgan fingerprint density at radius 1 is 0.792 bits per heavy atom. The highest BCUT2D eigenvalue weighted by molar-refractivity contribution is 5.94. The van der Waals surface area contributed by atoms with E-state index in [-0.39, 0.29) is 51.0 Å². The van der Waals surface area contributed by atoms with Crippen molar-refractivity contribution in [1.29, 1.82) is 0 Å². The molecule has 0 fully saturated rings. The van der Waals surface area contributed by atoms with Gasteiger partial charge in [-0.2, -0.15) is 0 Å². The molecule has 1 rings (SSSR count). The van der Waals surface area contributed by atoms with E-state index in [0.29, 0.717) is 5.56 Å². The molecule has 5 N–H and O–H groups in total. The number of rotatable bonds is 17. The average molecular weight is 681 g/mol. The van der Waals surface area contributed by atoms with Gasteiger partial charge in [0.05, 0.1) is 18.1 Å². The van der Waals surface area contributed by atoms with E-state index in [1.165, 1.54) is 31.2 Å². The van der Waals surface area contributed by atoms with E-state index in [4.69, 9.17) is 14.2 Å². The lowest BCUT2D eigenvalue weighted by Gasteiger charge is -2.25. The van der Waals surface area contributed by atoms with E-state index < -0.39 is 70.3 Å². The molecule has 0 spiro atoms. The molecule has 0 saturated carbocycles. The lowest BCUT2D eigenvalue weighted by molar-refractivity contribution is -0.384. The maximum Gasteiger partial charge on any atom is 0.426 e. The minimum absolute atomic E-state index is 0.0455. The first kappa shape index (κ1) is 40.7. The second-order valence-electron chi connectivity index (χ2n) is 11.3. The number of carbonyl (C=O) groups excluding carboxylic acids is 7. The van der Waals surface area contributed by atoms with E-state index in [1.807, 2.05) is 0 Å². The minimum atomic E-state index is -1.43. The molecule has 0 saturated heterocycles. The van der Waals surface area contributed by atoms with Crippen LogP contribution in [0.25, 0.3) is 0 Å². The molecule has 1 aromatic carbocycles. The van der Waals surface area contributed by atoms with Crippen molar-refractivity contribution in [3.05, 3.63) is 39.9 Å². The summed E-state index contributed by atoms with van der Waals surface area (Å²) >= 11 is 0. The number of ether oxygens (including phenoxy) is 3. The van der Waals surface area contributed by atoms with Crippen molar-refractivity contribution in [2.24, 2.45) is 0 Å². The number of nitrogens with zero attached hydrogens (tertiary/aromatic N) is 1. The maximum atomic E-state index is 13.5. The number of hydrogen-bond donors (Lipinski definition) is 5. The van der Waals surface area contributed by atoms with Gasteiger partial charge in [-0.25, -0.2) is 10.2 Å². The average Bonchev–Trinajstić information content (AvgIpc) is 3.00. The summed E-state index contributed by atoms with van der Waals surface area (Å²) in [6.45, 7) is 8.89. The molecule has 0 aliphatic carbocycles. The molecule has 0 aromatic heterocycles. The Bertz CT molecular complexity index is 1310. The van der Waals surface area contributed by atoms with Crippen LogP contribution < -0.4 is 26.8 Å². The highest BCUT2D eigenvalue weighted by atomic mass is 16.6. The second kappa shape index (κ2) is 20.1. The first-order valence-electron chi connectivity index (χ1n) is 15.2. The molecule has 0 aliphatic rings. The van der Waals surface area contributed by atoms with Gasteiger partial charge >= 0.3 is 18.0 Å². The van der Waals surface area contributed by atoms with Gasteiger partial charge < -0.3 is 30.2 Å². The number of nitrogens with one attached hydrogen (secondary N) is 5. The second-order valence-corrected chi connectivity index (χ2v) is 11.3. The fraction of sp³-hybridized carbons (Fsp3) is 0.567. The van der Waals surface area contributed by atoms with Gasteiger partial charge in [0, 0.05) is 44.7 Å². The molecule has 0 heterocycles. The van der Waals surface area contributed by atoms with Gasteiger partial charge in [-0.1, -0.05) is 19.1 Å². The van der Waals surface area contributed by atoms with Crippen molar-refractivity contribution >= 4 is 47.3 Å². The molecular weight excluding hydrogens is 636 g/mol. The van der Waals surface area contributed by atoms with E-state index in [1.54, 1.807) is 34.6 Å². The highest BCUT2D eigenvalue weighted by Gasteiger charge is 2.31. The smallest absolute Gasteiger partial charge is 0.426 e. The number of benzene rings is 1. The molecule has 18 heteroatoms. The fourth-order valence-corrected chi connectivity index (χ4v) is 3.92. The zero-order valence-corrected chi connectivity index (χ0v) is 27.8. The Balaban J connectivity index is 3.23. The molecule has 18 nitrogen and oxygen atoms in total. The summed E-state index contributed by atoms with van der Waals surface area (Å²) in [5.74, 6) is -4.50. The largest absolute Gasteiger partial charge is 0.466 e. The van der Waals surface area contributed by atoms with E-state index >= 15 is 0 Å². The van der Waals surface area contributed by atoms with Gasteiger partial charge in [0.15, 0.2) is 0 Å². The van der Waals surface area contributed by atoms with Crippen LogP contribution in [-0.2, 0) is 49.4 Å². The lowest BCUT2D eigenvalue weighted by atomic mass is 10.0. The van der Waals surface area contributed by atoms with Gasteiger partial charge in [-0.3, -0.25) is 44.3 Å². The zero-order valence-electron chi connectivity index (χ0n) is 27.8. The van der Waals surface area contributed by atoms with E-state index in [0.717, 1.165) is 0 Å². The molecule has 266 valence electrons. The summed E-state index contributed by atoms with van der Waals surface area (Å²) < 4.78 is 15.0. The van der Waals surface area contributed by atoms with Crippen LogP contribution in [-0.4, -0.2) is 83.5 Å². The van der Waals surface area contributed by atoms with Crippen LogP contribution in [0, 0.1) is 10.1 Å². The Kier molecular flexibility index (Phi) is 17.0. The molecule has 3 atom stereocenters. The number of hydrazine groups is 1. The fourth-order valence-electron chi connectivity index (χ4n) is 3.92. The van der Waals surface area contributed by atoms with Crippen LogP contribution >= 0.6 is 0 Å². The van der Waals surface area contributed by atoms with Gasteiger partial charge in [0.25, 0.3) is 11.6 Å².